The quantitative estimate of drug-likeness (QED) is 0.937. The fourth-order valence-corrected chi connectivity index (χ4v) is 1.98. The zero-order valence-corrected chi connectivity index (χ0v) is 11.9. The van der Waals surface area contributed by atoms with Crippen molar-refractivity contribution in [2.75, 3.05) is 24.3 Å². The minimum atomic E-state index is -0.419. The highest BCUT2D eigenvalue weighted by molar-refractivity contribution is 5.95. The maximum Gasteiger partial charge on any atom is 0.228 e. The third-order valence-corrected chi connectivity index (χ3v) is 2.99. The summed E-state index contributed by atoms with van der Waals surface area (Å²) < 4.78 is 26.1. The number of halogens is 2. The van der Waals surface area contributed by atoms with Gasteiger partial charge in [-0.3, -0.25) is 4.79 Å². The average molecular weight is 290 g/mol. The molecule has 0 atom stereocenters. The Kier molecular flexibility index (Phi) is 4.52. The topological polar surface area (TPSA) is 32.3 Å². The lowest BCUT2D eigenvalue weighted by atomic mass is 10.1. The van der Waals surface area contributed by atoms with Gasteiger partial charge in [0.1, 0.15) is 11.6 Å². The van der Waals surface area contributed by atoms with Crippen LogP contribution in [0.3, 0.4) is 0 Å². The van der Waals surface area contributed by atoms with Crippen LogP contribution in [0, 0.1) is 11.6 Å². The van der Waals surface area contributed by atoms with Crippen LogP contribution < -0.4 is 10.2 Å². The van der Waals surface area contributed by atoms with Crippen molar-refractivity contribution in [3.05, 3.63) is 59.7 Å². The summed E-state index contributed by atoms with van der Waals surface area (Å²) in [6.07, 6.45) is 0.101. The number of anilines is 2. The maximum atomic E-state index is 13.3. The van der Waals surface area contributed by atoms with Crippen LogP contribution in [0.4, 0.5) is 20.2 Å². The van der Waals surface area contributed by atoms with Gasteiger partial charge < -0.3 is 10.2 Å². The molecule has 0 unspecified atom stereocenters. The molecule has 0 radical (unpaired) electrons. The molecular formula is C16H16F2N2O. The molecule has 110 valence electrons. The number of rotatable bonds is 4. The Morgan fingerprint density at radius 3 is 2.29 bits per heavy atom. The first-order valence-corrected chi connectivity index (χ1v) is 6.47. The van der Waals surface area contributed by atoms with Crippen LogP contribution in [0.25, 0.3) is 0 Å². The number of hydrogen-bond acceptors (Lipinski definition) is 2. The third-order valence-electron chi connectivity index (χ3n) is 2.99. The van der Waals surface area contributed by atoms with Gasteiger partial charge in [-0.15, -0.1) is 0 Å². The van der Waals surface area contributed by atoms with E-state index >= 15 is 0 Å². The second-order valence-electron chi connectivity index (χ2n) is 4.91. The molecule has 1 amide bonds. The SMILES string of the molecule is CN(C)c1ccc(F)cc1NC(=O)Cc1ccc(F)cc1. The third kappa shape index (κ3) is 4.02. The zero-order chi connectivity index (χ0) is 15.4. The Morgan fingerprint density at radius 1 is 1.05 bits per heavy atom. The first-order valence-electron chi connectivity index (χ1n) is 6.47. The van der Waals surface area contributed by atoms with Crippen LogP contribution in [0.2, 0.25) is 0 Å². The molecule has 21 heavy (non-hydrogen) atoms. The van der Waals surface area contributed by atoms with E-state index in [2.05, 4.69) is 5.32 Å². The molecule has 0 saturated heterocycles. The fraction of sp³-hybridized carbons (Fsp3) is 0.188. The van der Waals surface area contributed by atoms with E-state index in [9.17, 15) is 13.6 Å². The van der Waals surface area contributed by atoms with Gasteiger partial charge in [-0.05, 0) is 35.9 Å². The zero-order valence-electron chi connectivity index (χ0n) is 11.9. The summed E-state index contributed by atoms with van der Waals surface area (Å²) in [5.74, 6) is -1.05. The van der Waals surface area contributed by atoms with Crippen molar-refractivity contribution < 1.29 is 13.6 Å². The van der Waals surface area contributed by atoms with E-state index in [1.807, 2.05) is 14.1 Å². The van der Waals surface area contributed by atoms with E-state index < -0.39 is 5.82 Å². The van der Waals surface area contributed by atoms with Crippen LogP contribution in [-0.2, 0) is 11.2 Å². The van der Waals surface area contributed by atoms with Gasteiger partial charge in [0.15, 0.2) is 0 Å². The van der Waals surface area contributed by atoms with Gasteiger partial charge in [0.25, 0.3) is 0 Å². The summed E-state index contributed by atoms with van der Waals surface area (Å²) in [7, 11) is 3.62. The molecule has 0 aliphatic rings. The molecule has 0 spiro atoms. The van der Waals surface area contributed by atoms with Crippen LogP contribution in [-0.4, -0.2) is 20.0 Å². The lowest BCUT2D eigenvalue weighted by Gasteiger charge is -2.18. The highest BCUT2D eigenvalue weighted by Gasteiger charge is 2.10. The molecule has 0 fully saturated rings. The van der Waals surface area contributed by atoms with Crippen molar-refractivity contribution >= 4 is 17.3 Å². The summed E-state index contributed by atoms with van der Waals surface area (Å²) in [6.45, 7) is 0. The molecule has 0 heterocycles. The van der Waals surface area contributed by atoms with Crippen LogP contribution >= 0.6 is 0 Å². The van der Waals surface area contributed by atoms with Crippen LogP contribution in [0.5, 0.6) is 0 Å². The minimum Gasteiger partial charge on any atom is -0.376 e. The van der Waals surface area contributed by atoms with Crippen molar-refractivity contribution in [3.8, 4) is 0 Å². The first-order chi connectivity index (χ1) is 9.95. The molecule has 3 nitrogen and oxygen atoms in total. The van der Waals surface area contributed by atoms with Gasteiger partial charge in [0.2, 0.25) is 5.91 Å². The van der Waals surface area contributed by atoms with Crippen molar-refractivity contribution in [2.45, 2.75) is 6.42 Å². The standard InChI is InChI=1S/C16H16F2N2O/c1-20(2)15-8-7-13(18)10-14(15)19-16(21)9-11-3-5-12(17)6-4-11/h3-8,10H,9H2,1-2H3,(H,19,21). The van der Waals surface area contributed by atoms with Crippen molar-refractivity contribution in [2.24, 2.45) is 0 Å². The molecular weight excluding hydrogens is 274 g/mol. The lowest BCUT2D eigenvalue weighted by molar-refractivity contribution is -0.115. The summed E-state index contributed by atoms with van der Waals surface area (Å²) >= 11 is 0. The monoisotopic (exact) mass is 290 g/mol. The largest absolute Gasteiger partial charge is 0.376 e. The maximum absolute atomic E-state index is 13.3. The molecule has 0 aromatic heterocycles. The predicted molar refractivity (Wildman–Crippen MR) is 79.5 cm³/mol. The predicted octanol–water partition coefficient (Wildman–Crippen LogP) is 3.21. The number of nitrogens with zero attached hydrogens (tertiary/aromatic N) is 1. The van der Waals surface area contributed by atoms with Crippen LogP contribution in [0.15, 0.2) is 42.5 Å². The number of carbonyl (C=O) groups excluding carboxylic acids is 1. The number of carbonyl (C=O) groups is 1. The number of nitrogens with one attached hydrogen (secondary N) is 1. The average Bonchev–Trinajstić information content (AvgIpc) is 2.41. The van der Waals surface area contributed by atoms with E-state index in [1.54, 1.807) is 23.1 Å². The molecule has 0 saturated carbocycles. The van der Waals surface area contributed by atoms with Gasteiger partial charge in [0, 0.05) is 14.1 Å². The Morgan fingerprint density at radius 2 is 1.67 bits per heavy atom. The fourth-order valence-electron chi connectivity index (χ4n) is 1.98. The second-order valence-corrected chi connectivity index (χ2v) is 4.91. The molecule has 1 N–H and O–H groups in total. The lowest BCUT2D eigenvalue weighted by Crippen LogP contribution is -2.18. The molecule has 0 bridgehead atoms. The summed E-state index contributed by atoms with van der Waals surface area (Å²) in [6, 6.07) is 9.92. The highest BCUT2D eigenvalue weighted by atomic mass is 19.1. The molecule has 2 rings (SSSR count). The van der Waals surface area contributed by atoms with Gasteiger partial charge >= 0.3 is 0 Å². The van der Waals surface area contributed by atoms with Crippen molar-refractivity contribution in [1.82, 2.24) is 0 Å². The van der Waals surface area contributed by atoms with Crippen LogP contribution in [0.1, 0.15) is 5.56 Å². The second kappa shape index (κ2) is 6.35. The molecule has 2 aromatic rings. The van der Waals surface area contributed by atoms with Gasteiger partial charge in [0.05, 0.1) is 17.8 Å². The Bertz CT molecular complexity index is 639. The van der Waals surface area contributed by atoms with Gasteiger partial charge in [-0.1, -0.05) is 12.1 Å². The van der Waals surface area contributed by atoms with Crippen molar-refractivity contribution in [1.29, 1.82) is 0 Å². The van der Waals surface area contributed by atoms with E-state index in [-0.39, 0.29) is 18.1 Å². The molecule has 0 aliphatic carbocycles. The van der Waals surface area contributed by atoms with Crippen molar-refractivity contribution in [3.63, 3.8) is 0 Å². The Labute approximate surface area is 122 Å². The van der Waals surface area contributed by atoms with E-state index in [0.717, 1.165) is 0 Å². The first kappa shape index (κ1) is 15.0. The summed E-state index contributed by atoms with van der Waals surface area (Å²) in [5, 5.41) is 2.68. The number of hydrogen-bond donors (Lipinski definition) is 1. The normalized spacial score (nSPS) is 10.3. The molecule has 5 heteroatoms. The number of benzene rings is 2. The highest BCUT2D eigenvalue weighted by Crippen LogP contribution is 2.25. The Hall–Kier alpha value is -2.43. The van der Waals surface area contributed by atoms with Gasteiger partial charge in [-0.2, -0.15) is 0 Å². The van der Waals surface area contributed by atoms with E-state index in [4.69, 9.17) is 0 Å². The Balaban J connectivity index is 2.12. The van der Waals surface area contributed by atoms with E-state index in [1.165, 1.54) is 24.3 Å². The minimum absolute atomic E-state index is 0.101. The summed E-state index contributed by atoms with van der Waals surface area (Å²) in [4.78, 5) is 13.8. The smallest absolute Gasteiger partial charge is 0.228 e. The van der Waals surface area contributed by atoms with E-state index in [0.29, 0.717) is 16.9 Å². The van der Waals surface area contributed by atoms with Gasteiger partial charge in [-0.25, -0.2) is 8.78 Å². The molecule has 0 aliphatic heterocycles. The summed E-state index contributed by atoms with van der Waals surface area (Å²) in [5.41, 5.74) is 1.81. The molecule has 2 aromatic carbocycles. The number of amides is 1.